The molecular weight excluding hydrogens is 563 g/mol. The second kappa shape index (κ2) is 15.8. The van der Waals surface area contributed by atoms with Gasteiger partial charge in [0.2, 0.25) is 12.3 Å². The van der Waals surface area contributed by atoms with Gasteiger partial charge in [0.1, 0.15) is 5.82 Å². The van der Waals surface area contributed by atoms with E-state index in [0.717, 1.165) is 31.3 Å². The number of ether oxygens (including phenoxy) is 1. The Labute approximate surface area is 251 Å². The molecule has 2 rings (SSSR count). The van der Waals surface area contributed by atoms with Gasteiger partial charge in [-0.1, -0.05) is 29.9 Å². The summed E-state index contributed by atoms with van der Waals surface area (Å²) in [4.78, 5) is 38.3. The minimum Gasteiger partial charge on any atom is -0.381 e. The van der Waals surface area contributed by atoms with Crippen LogP contribution >= 0.6 is 0 Å². The minimum atomic E-state index is -3.78. The van der Waals surface area contributed by atoms with Crippen LogP contribution in [-0.2, 0) is 32.2 Å². The Kier molecular flexibility index (Phi) is 13.2. The molecule has 3 atom stereocenters. The molecule has 1 aromatic carbocycles. The highest BCUT2D eigenvalue weighted by atomic mass is 19.1. The first-order valence-corrected chi connectivity index (χ1v) is 13.8. The number of amides is 2. The lowest BCUT2D eigenvalue weighted by Crippen LogP contribution is -2.70. The Morgan fingerprint density at radius 1 is 1.19 bits per heavy atom. The van der Waals surface area contributed by atoms with E-state index in [9.17, 15) is 34.8 Å². The predicted molar refractivity (Wildman–Crippen MR) is 156 cm³/mol. The summed E-state index contributed by atoms with van der Waals surface area (Å²) in [7, 11) is 1.12. The van der Waals surface area contributed by atoms with E-state index in [1.54, 1.807) is 24.3 Å². The summed E-state index contributed by atoms with van der Waals surface area (Å²) in [6.45, 7) is 9.45. The molecule has 1 saturated heterocycles. The maximum absolute atomic E-state index is 15.1. The third kappa shape index (κ3) is 10.1. The highest BCUT2D eigenvalue weighted by Gasteiger charge is 2.58. The van der Waals surface area contributed by atoms with E-state index in [1.807, 2.05) is 33.8 Å². The average Bonchev–Trinajstić information content (AvgIpc) is 2.92. The van der Waals surface area contributed by atoms with Crippen molar-refractivity contribution in [1.82, 2.24) is 20.4 Å². The molecule has 13 heteroatoms. The van der Waals surface area contributed by atoms with Crippen LogP contribution in [0.2, 0.25) is 0 Å². The van der Waals surface area contributed by atoms with E-state index in [4.69, 9.17) is 4.74 Å². The number of likely N-dealkylation sites (N-methyl/N-ethyl adjacent to an activating group) is 1. The van der Waals surface area contributed by atoms with Crippen LogP contribution in [-0.4, -0.2) is 105 Å². The summed E-state index contributed by atoms with van der Waals surface area (Å²) >= 11 is 0. The van der Waals surface area contributed by atoms with Crippen molar-refractivity contribution in [2.45, 2.75) is 70.6 Å². The molecule has 0 aliphatic carbocycles. The Morgan fingerprint density at radius 3 is 2.37 bits per heavy atom. The Balaban J connectivity index is 2.27. The van der Waals surface area contributed by atoms with Crippen LogP contribution in [0.25, 0.3) is 0 Å². The highest BCUT2D eigenvalue weighted by molar-refractivity contribution is 5.85. The highest BCUT2D eigenvalue weighted by Crippen LogP contribution is 2.24. The number of carbonyl (C=O) groups is 3. The number of carbonyl (C=O) groups excluding carboxylic acids is 3. The van der Waals surface area contributed by atoms with Gasteiger partial charge >= 0.3 is 0 Å². The average molecular weight is 607 g/mol. The number of aldehydes is 1. The van der Waals surface area contributed by atoms with Gasteiger partial charge in [-0.15, -0.1) is 0 Å². The van der Waals surface area contributed by atoms with Crippen molar-refractivity contribution < 1.29 is 43.9 Å². The molecule has 1 aliphatic heterocycles. The van der Waals surface area contributed by atoms with E-state index in [0.29, 0.717) is 22.7 Å². The maximum atomic E-state index is 15.1. The van der Waals surface area contributed by atoms with Crippen molar-refractivity contribution in [1.29, 1.82) is 0 Å². The molecule has 0 aromatic heterocycles. The van der Waals surface area contributed by atoms with Crippen LogP contribution in [0.1, 0.15) is 38.8 Å². The Morgan fingerprint density at radius 2 is 1.84 bits per heavy atom. The Bertz CT molecular complexity index is 1200. The fraction of sp³-hybridized carbons (Fsp3) is 0.500. The molecule has 43 heavy (non-hydrogen) atoms. The number of rotatable bonds is 15. The van der Waals surface area contributed by atoms with Crippen molar-refractivity contribution in [3.8, 4) is 0 Å². The van der Waals surface area contributed by atoms with E-state index in [-0.39, 0.29) is 25.2 Å². The molecule has 0 bridgehead atoms. The van der Waals surface area contributed by atoms with Crippen molar-refractivity contribution in [2.24, 2.45) is 0 Å². The lowest BCUT2D eigenvalue weighted by Gasteiger charge is -2.40. The number of morpholine rings is 1. The number of benzene rings is 1. The van der Waals surface area contributed by atoms with E-state index < -0.39 is 42.2 Å². The lowest BCUT2D eigenvalue weighted by molar-refractivity contribution is -0.344. The quantitative estimate of drug-likeness (QED) is 0.0912. The second-order valence-electron chi connectivity index (χ2n) is 10.9. The first-order valence-electron chi connectivity index (χ1n) is 13.8. The van der Waals surface area contributed by atoms with Gasteiger partial charge in [0.15, 0.2) is 12.3 Å². The largest absolute Gasteiger partial charge is 0.381 e. The van der Waals surface area contributed by atoms with Crippen LogP contribution in [0.3, 0.4) is 0 Å². The van der Waals surface area contributed by atoms with Crippen LogP contribution in [0.15, 0.2) is 53.8 Å². The van der Waals surface area contributed by atoms with Gasteiger partial charge in [-0.3, -0.25) is 19.3 Å². The van der Waals surface area contributed by atoms with Gasteiger partial charge in [0, 0.05) is 51.0 Å². The molecule has 0 saturated carbocycles. The third-order valence-electron chi connectivity index (χ3n) is 6.78. The van der Waals surface area contributed by atoms with Crippen molar-refractivity contribution in [2.75, 3.05) is 26.7 Å². The molecule has 1 aliphatic rings. The Hall–Kier alpha value is -3.46. The van der Waals surface area contributed by atoms with Gasteiger partial charge < -0.3 is 40.7 Å². The van der Waals surface area contributed by atoms with Crippen LogP contribution in [0.4, 0.5) is 4.39 Å². The van der Waals surface area contributed by atoms with E-state index in [2.05, 4.69) is 15.5 Å². The second-order valence-corrected chi connectivity index (χ2v) is 10.9. The number of nitrogens with zero attached hydrogens (tertiary/aromatic N) is 2. The number of hydrogen-bond donors (Lipinski definition) is 6. The number of hydrogen-bond acceptors (Lipinski definition) is 10. The zero-order valence-corrected chi connectivity index (χ0v) is 25.2. The van der Waals surface area contributed by atoms with Gasteiger partial charge in [0.25, 0.3) is 11.6 Å². The molecule has 6 N–H and O–H groups in total. The molecule has 3 unspecified atom stereocenters. The smallest absolute Gasteiger partial charge is 0.279 e. The summed E-state index contributed by atoms with van der Waals surface area (Å²) in [5.74, 6) is -9.14. The zero-order chi connectivity index (χ0) is 32.4. The monoisotopic (exact) mass is 606 g/mol. The van der Waals surface area contributed by atoms with Gasteiger partial charge in [-0.2, -0.15) is 0 Å². The van der Waals surface area contributed by atoms with Crippen LogP contribution in [0, 0.1) is 5.82 Å². The zero-order valence-electron chi connectivity index (χ0n) is 25.2. The molecule has 2 amide bonds. The summed E-state index contributed by atoms with van der Waals surface area (Å²) in [5.41, 5.74) is 2.54. The SMILES string of the molecule is CNC(=O)C(N(C=O)C/C=C(/C=C\C=C(C)C)NCc1ccc(CN2CC(C)OC(C)C2)cc1F)C(O)(O)C(O)(O)C=O. The molecule has 12 nitrogen and oxygen atoms in total. The summed E-state index contributed by atoms with van der Waals surface area (Å²) in [5, 5.41) is 45.5. The lowest BCUT2D eigenvalue weighted by atomic mass is 9.96. The van der Waals surface area contributed by atoms with Gasteiger partial charge in [-0.25, -0.2) is 4.39 Å². The van der Waals surface area contributed by atoms with Crippen LogP contribution in [0.5, 0.6) is 0 Å². The third-order valence-corrected chi connectivity index (χ3v) is 6.78. The fourth-order valence-electron chi connectivity index (χ4n) is 4.65. The van der Waals surface area contributed by atoms with Crippen molar-refractivity contribution in [3.63, 3.8) is 0 Å². The molecule has 0 radical (unpaired) electrons. The normalized spacial score (nSPS) is 19.1. The maximum Gasteiger partial charge on any atom is 0.279 e. The molecule has 0 spiro atoms. The number of nitrogens with one attached hydrogen (secondary N) is 2. The first kappa shape index (κ1) is 35.7. The topological polar surface area (TPSA) is 172 Å². The number of allylic oxidation sites excluding steroid dienone is 4. The summed E-state index contributed by atoms with van der Waals surface area (Å²) in [6.07, 6.45) is 6.22. The predicted octanol–water partition coefficient (Wildman–Crippen LogP) is 0.0645. The first-order chi connectivity index (χ1) is 20.1. The fourth-order valence-corrected chi connectivity index (χ4v) is 4.65. The molecule has 1 heterocycles. The molecule has 1 aromatic rings. The molecule has 1 fully saturated rings. The number of aliphatic hydroxyl groups is 4. The van der Waals surface area contributed by atoms with Crippen LogP contribution < -0.4 is 10.6 Å². The molecular formula is C30H43FN4O8. The van der Waals surface area contributed by atoms with Gasteiger partial charge in [-0.05, 0) is 51.5 Å². The number of halogens is 1. The van der Waals surface area contributed by atoms with Crippen molar-refractivity contribution >= 4 is 18.6 Å². The molecule has 238 valence electrons. The van der Waals surface area contributed by atoms with E-state index >= 15 is 4.39 Å². The summed E-state index contributed by atoms with van der Waals surface area (Å²) in [6, 6.07) is 2.71. The van der Waals surface area contributed by atoms with Gasteiger partial charge in [0.05, 0.1) is 12.2 Å². The summed E-state index contributed by atoms with van der Waals surface area (Å²) < 4.78 is 20.8. The standard InChI is InChI=1S/C30H43FN4O8/c1-20(2)7-6-8-25(11-12-35(19-37)27(28(38)32-5)30(41,42)29(39,40)18-36)33-14-24-10-9-23(13-26(24)31)17-34-15-21(3)43-22(4)16-34/h6-11,13,18-19,21-22,27,33,39-42H,12,14-17H2,1-5H3,(H,32,38)/b8-6-,25-11-. The van der Waals surface area contributed by atoms with E-state index in [1.165, 1.54) is 12.1 Å². The minimum absolute atomic E-state index is 0.0498. The van der Waals surface area contributed by atoms with Crippen molar-refractivity contribution in [3.05, 3.63) is 70.7 Å².